The number of benzene rings is 1. The summed E-state index contributed by atoms with van der Waals surface area (Å²) in [5.41, 5.74) is 3.98. The number of nitrogens with zero attached hydrogens (tertiary/aromatic N) is 3. The first-order valence-corrected chi connectivity index (χ1v) is 12.3. The van der Waals surface area contributed by atoms with Gasteiger partial charge in [0.2, 0.25) is 5.91 Å². The molecule has 9 heteroatoms. The van der Waals surface area contributed by atoms with E-state index < -0.39 is 11.5 Å². The Morgan fingerprint density at radius 1 is 1.11 bits per heavy atom. The lowest BCUT2D eigenvalue weighted by Gasteiger charge is -2.44. The third-order valence-electron chi connectivity index (χ3n) is 8.93. The number of piperidine rings is 1. The van der Waals surface area contributed by atoms with Gasteiger partial charge in [0.1, 0.15) is 13.2 Å². The lowest BCUT2D eigenvalue weighted by atomic mass is 9.74. The minimum absolute atomic E-state index is 0.0588. The summed E-state index contributed by atoms with van der Waals surface area (Å²) in [4.78, 5) is 43.8. The van der Waals surface area contributed by atoms with Gasteiger partial charge in [-0.05, 0) is 57.4 Å². The van der Waals surface area contributed by atoms with Crippen molar-refractivity contribution in [2.45, 2.75) is 58.0 Å². The first kappa shape index (κ1) is 22.7. The standard InChI is InChI=1S/C26H31N3O6/c1-14-17(4-5-18-19(14)12-34-24(18)32)21(30)11-29-16-8-26(9-22(29)27(3)10-16)6-7-28(25(26)33)20-13-35-23(31)15(20)2/h4-5,16,21-22,30H,6-13H2,1-3H3/t16-,21-,22-,26-/m1/s1. The van der Waals surface area contributed by atoms with Crippen molar-refractivity contribution in [3.8, 4) is 0 Å². The van der Waals surface area contributed by atoms with Crippen molar-refractivity contribution in [2.75, 3.05) is 33.3 Å². The molecule has 3 saturated heterocycles. The number of amides is 1. The molecule has 0 aromatic heterocycles. The van der Waals surface area contributed by atoms with Crippen LogP contribution < -0.4 is 0 Å². The first-order valence-electron chi connectivity index (χ1n) is 12.3. The quantitative estimate of drug-likeness (QED) is 0.646. The minimum atomic E-state index is -0.702. The molecule has 3 fully saturated rings. The molecule has 1 N–H and O–H groups in total. The molecular weight excluding hydrogens is 450 g/mol. The van der Waals surface area contributed by atoms with E-state index in [-0.39, 0.29) is 43.3 Å². The van der Waals surface area contributed by atoms with Gasteiger partial charge in [-0.25, -0.2) is 9.59 Å². The van der Waals surface area contributed by atoms with Crippen LogP contribution in [0.2, 0.25) is 0 Å². The Balaban J connectivity index is 1.21. The Morgan fingerprint density at radius 2 is 1.89 bits per heavy atom. The maximum atomic E-state index is 13.7. The summed E-state index contributed by atoms with van der Waals surface area (Å²) in [5, 5.41) is 11.2. The number of hydrogen-bond acceptors (Lipinski definition) is 8. The van der Waals surface area contributed by atoms with E-state index in [0.29, 0.717) is 36.3 Å². The van der Waals surface area contributed by atoms with Crippen LogP contribution in [0, 0.1) is 12.3 Å². The molecule has 1 amide bonds. The second-order valence-electron chi connectivity index (χ2n) is 10.7. The number of cyclic esters (lactones) is 2. The summed E-state index contributed by atoms with van der Waals surface area (Å²) in [6.45, 7) is 6.03. The van der Waals surface area contributed by atoms with Crippen molar-refractivity contribution >= 4 is 17.8 Å². The summed E-state index contributed by atoms with van der Waals surface area (Å²) in [6, 6.07) is 3.75. The number of likely N-dealkylation sites (tertiary alicyclic amines) is 2. The molecule has 6 rings (SSSR count). The number of carbonyl (C=O) groups is 3. The normalized spacial score (nSPS) is 31.5. The van der Waals surface area contributed by atoms with Crippen LogP contribution in [0.25, 0.3) is 0 Å². The lowest BCUT2D eigenvalue weighted by molar-refractivity contribution is -0.140. The molecule has 0 saturated carbocycles. The number of carbonyl (C=O) groups excluding carboxylic acids is 3. The molecule has 0 unspecified atom stereocenters. The van der Waals surface area contributed by atoms with Crippen molar-refractivity contribution in [1.29, 1.82) is 0 Å². The monoisotopic (exact) mass is 481 g/mol. The van der Waals surface area contributed by atoms with Crippen LogP contribution in [0.3, 0.4) is 0 Å². The van der Waals surface area contributed by atoms with E-state index in [1.54, 1.807) is 17.9 Å². The Hall–Kier alpha value is -2.75. The van der Waals surface area contributed by atoms with E-state index in [1.807, 2.05) is 13.0 Å². The molecule has 5 heterocycles. The van der Waals surface area contributed by atoms with Gasteiger partial charge in [-0.2, -0.15) is 0 Å². The number of aliphatic hydroxyl groups is 1. The van der Waals surface area contributed by atoms with Crippen LogP contribution >= 0.6 is 0 Å². The van der Waals surface area contributed by atoms with Crippen LogP contribution in [-0.4, -0.2) is 83.1 Å². The van der Waals surface area contributed by atoms with Crippen molar-refractivity contribution in [2.24, 2.45) is 5.41 Å². The van der Waals surface area contributed by atoms with Crippen LogP contribution in [0.1, 0.15) is 59.3 Å². The van der Waals surface area contributed by atoms with E-state index in [2.05, 4.69) is 16.8 Å². The van der Waals surface area contributed by atoms with E-state index in [1.165, 1.54) is 0 Å². The fourth-order valence-electron chi connectivity index (χ4n) is 6.90. The Kier molecular flexibility index (Phi) is 5.11. The average Bonchev–Trinajstić information content (AvgIpc) is 3.50. The number of esters is 2. The van der Waals surface area contributed by atoms with Gasteiger partial charge in [0.15, 0.2) is 0 Å². The predicted molar refractivity (Wildman–Crippen MR) is 124 cm³/mol. The topological polar surface area (TPSA) is 99.6 Å². The molecule has 0 radical (unpaired) electrons. The highest BCUT2D eigenvalue weighted by Gasteiger charge is 2.58. The largest absolute Gasteiger partial charge is 0.457 e. The lowest BCUT2D eigenvalue weighted by Crippen LogP contribution is -2.53. The maximum absolute atomic E-state index is 13.7. The molecule has 4 atom stereocenters. The zero-order valence-electron chi connectivity index (χ0n) is 20.4. The summed E-state index contributed by atoms with van der Waals surface area (Å²) in [6.07, 6.45) is 1.57. The molecule has 9 nitrogen and oxygen atoms in total. The third kappa shape index (κ3) is 3.28. The Bertz CT molecular complexity index is 1180. The van der Waals surface area contributed by atoms with Crippen molar-refractivity contribution in [3.63, 3.8) is 0 Å². The molecular formula is C26H31N3O6. The summed E-state index contributed by atoms with van der Waals surface area (Å²) >= 11 is 0. The van der Waals surface area contributed by atoms with Gasteiger partial charge >= 0.3 is 11.9 Å². The van der Waals surface area contributed by atoms with Gasteiger partial charge in [-0.1, -0.05) is 6.07 Å². The zero-order chi connectivity index (χ0) is 24.6. The summed E-state index contributed by atoms with van der Waals surface area (Å²) in [7, 11) is 2.08. The van der Waals surface area contributed by atoms with Crippen LogP contribution in [0.5, 0.6) is 0 Å². The van der Waals surface area contributed by atoms with Crippen molar-refractivity contribution in [3.05, 3.63) is 45.7 Å². The minimum Gasteiger partial charge on any atom is -0.457 e. The molecule has 1 spiro atoms. The van der Waals surface area contributed by atoms with Crippen LogP contribution in [0.4, 0.5) is 0 Å². The van der Waals surface area contributed by atoms with Gasteiger partial charge in [0.05, 0.1) is 34.5 Å². The average molecular weight is 482 g/mol. The highest BCUT2D eigenvalue weighted by molar-refractivity contribution is 5.94. The van der Waals surface area contributed by atoms with Gasteiger partial charge in [0, 0.05) is 31.2 Å². The van der Waals surface area contributed by atoms with Gasteiger partial charge in [0.25, 0.3) is 0 Å². The van der Waals surface area contributed by atoms with E-state index in [0.717, 1.165) is 36.1 Å². The number of ether oxygens (including phenoxy) is 2. The van der Waals surface area contributed by atoms with Gasteiger partial charge < -0.3 is 19.5 Å². The molecule has 5 aliphatic heterocycles. The first-order chi connectivity index (χ1) is 16.7. The SMILES string of the molecule is CC1=C(N2CC[C@]3(C[C@@H]4CN(C)[C@@H](C3)N4C[C@@H](O)c3ccc4c(c3C)COC4=O)C2=O)COC1=O. The van der Waals surface area contributed by atoms with Crippen LogP contribution in [-0.2, 0) is 25.7 Å². The second-order valence-corrected chi connectivity index (χ2v) is 10.7. The predicted octanol–water partition coefficient (Wildman–Crippen LogP) is 1.48. The Labute approximate surface area is 204 Å². The van der Waals surface area contributed by atoms with Crippen LogP contribution in [0.15, 0.2) is 23.4 Å². The van der Waals surface area contributed by atoms with Crippen molar-refractivity contribution < 1.29 is 29.0 Å². The van der Waals surface area contributed by atoms with Gasteiger partial charge in [-0.3, -0.25) is 14.6 Å². The highest BCUT2D eigenvalue weighted by atomic mass is 16.5. The number of rotatable bonds is 4. The van der Waals surface area contributed by atoms with E-state index in [4.69, 9.17) is 9.47 Å². The number of fused-ring (bicyclic) bond motifs is 3. The zero-order valence-corrected chi connectivity index (χ0v) is 20.4. The summed E-state index contributed by atoms with van der Waals surface area (Å²) < 4.78 is 10.3. The van der Waals surface area contributed by atoms with Gasteiger partial charge in [-0.15, -0.1) is 0 Å². The molecule has 2 bridgehead atoms. The molecule has 1 aromatic rings. The molecule has 186 valence electrons. The number of aliphatic hydroxyl groups excluding tert-OH is 1. The second kappa shape index (κ2) is 7.88. The smallest absolute Gasteiger partial charge is 0.338 e. The van der Waals surface area contributed by atoms with Crippen molar-refractivity contribution in [1.82, 2.24) is 14.7 Å². The fraction of sp³-hybridized carbons (Fsp3) is 0.577. The summed E-state index contributed by atoms with van der Waals surface area (Å²) in [5.74, 6) is -0.537. The highest BCUT2D eigenvalue weighted by Crippen LogP contribution is 2.50. The molecule has 1 aromatic carbocycles. The molecule has 35 heavy (non-hydrogen) atoms. The number of hydrogen-bond donors (Lipinski definition) is 1. The Morgan fingerprint density at radius 3 is 2.60 bits per heavy atom. The molecule has 5 aliphatic rings. The fourth-order valence-corrected chi connectivity index (χ4v) is 6.90. The van der Waals surface area contributed by atoms with E-state index >= 15 is 0 Å². The van der Waals surface area contributed by atoms with E-state index in [9.17, 15) is 19.5 Å². The molecule has 0 aliphatic carbocycles. The maximum Gasteiger partial charge on any atom is 0.338 e. The number of likely N-dealkylation sites (N-methyl/N-ethyl adjacent to an activating group) is 1. The third-order valence-corrected chi connectivity index (χ3v) is 8.93.